The van der Waals surface area contributed by atoms with E-state index in [2.05, 4.69) is 5.32 Å². The SMILES string of the molecule is CC(C)CC(=O)NC(C(=O)N1CCCCC1)C1CCN(C(=O)c2ccccc2F)CC1. The fourth-order valence-electron chi connectivity index (χ4n) is 4.54. The summed E-state index contributed by atoms with van der Waals surface area (Å²) < 4.78 is 14.0. The van der Waals surface area contributed by atoms with Crippen molar-refractivity contribution in [3.05, 3.63) is 35.6 Å². The van der Waals surface area contributed by atoms with E-state index in [0.29, 0.717) is 32.4 Å². The van der Waals surface area contributed by atoms with Gasteiger partial charge in [-0.1, -0.05) is 26.0 Å². The molecule has 2 saturated heterocycles. The first-order valence-electron chi connectivity index (χ1n) is 11.5. The van der Waals surface area contributed by atoms with Crippen molar-refractivity contribution < 1.29 is 18.8 Å². The Morgan fingerprint density at radius 3 is 2.26 bits per heavy atom. The first kappa shape index (κ1) is 23.2. The summed E-state index contributed by atoms with van der Waals surface area (Å²) in [6, 6.07) is 5.45. The first-order chi connectivity index (χ1) is 14.9. The van der Waals surface area contributed by atoms with Crippen LogP contribution in [0.1, 0.15) is 62.7 Å². The second kappa shape index (κ2) is 10.7. The van der Waals surface area contributed by atoms with Gasteiger partial charge in [-0.25, -0.2) is 4.39 Å². The molecule has 0 spiro atoms. The van der Waals surface area contributed by atoms with Crippen molar-refractivity contribution in [3.63, 3.8) is 0 Å². The number of benzene rings is 1. The van der Waals surface area contributed by atoms with Gasteiger partial charge in [-0.15, -0.1) is 0 Å². The number of hydrogen-bond donors (Lipinski definition) is 1. The van der Waals surface area contributed by atoms with Gasteiger partial charge in [-0.3, -0.25) is 14.4 Å². The molecule has 0 aromatic heterocycles. The molecule has 3 amide bonds. The number of nitrogens with zero attached hydrogens (tertiary/aromatic N) is 2. The lowest BCUT2D eigenvalue weighted by atomic mass is 9.87. The van der Waals surface area contributed by atoms with Gasteiger partial charge in [-0.2, -0.15) is 0 Å². The molecule has 1 aromatic carbocycles. The van der Waals surface area contributed by atoms with Crippen LogP contribution < -0.4 is 5.32 Å². The molecule has 0 bridgehead atoms. The Hall–Kier alpha value is -2.44. The Morgan fingerprint density at radius 2 is 1.65 bits per heavy atom. The number of carbonyl (C=O) groups is 3. The predicted octanol–water partition coefficient (Wildman–Crippen LogP) is 3.22. The molecule has 2 aliphatic heterocycles. The van der Waals surface area contributed by atoms with Gasteiger partial charge in [0.1, 0.15) is 11.9 Å². The van der Waals surface area contributed by atoms with Crippen LogP contribution in [0.25, 0.3) is 0 Å². The van der Waals surface area contributed by atoms with E-state index in [0.717, 1.165) is 32.4 Å². The summed E-state index contributed by atoms with van der Waals surface area (Å²) in [5.74, 6) is -0.764. The van der Waals surface area contributed by atoms with E-state index >= 15 is 0 Å². The normalized spacial score (nSPS) is 18.7. The lowest BCUT2D eigenvalue weighted by Crippen LogP contribution is -2.55. The summed E-state index contributed by atoms with van der Waals surface area (Å²) in [6.07, 6.45) is 4.71. The van der Waals surface area contributed by atoms with E-state index in [4.69, 9.17) is 0 Å². The fraction of sp³-hybridized carbons (Fsp3) is 0.625. The van der Waals surface area contributed by atoms with Crippen LogP contribution in [0.15, 0.2) is 24.3 Å². The topological polar surface area (TPSA) is 69.7 Å². The molecular formula is C24H34FN3O3. The zero-order chi connectivity index (χ0) is 22.4. The first-order valence-corrected chi connectivity index (χ1v) is 11.5. The lowest BCUT2D eigenvalue weighted by molar-refractivity contribution is -0.139. The van der Waals surface area contributed by atoms with Crippen molar-refractivity contribution in [2.24, 2.45) is 11.8 Å². The van der Waals surface area contributed by atoms with Gasteiger partial charge in [0, 0.05) is 32.6 Å². The van der Waals surface area contributed by atoms with E-state index in [-0.39, 0.29) is 35.1 Å². The number of piperidine rings is 2. The maximum absolute atomic E-state index is 14.0. The number of rotatable bonds is 6. The molecule has 6 nitrogen and oxygen atoms in total. The molecular weight excluding hydrogens is 397 g/mol. The van der Waals surface area contributed by atoms with Crippen LogP contribution in [0.5, 0.6) is 0 Å². The third kappa shape index (κ3) is 6.05. The maximum Gasteiger partial charge on any atom is 0.256 e. The third-order valence-corrected chi connectivity index (χ3v) is 6.25. The van der Waals surface area contributed by atoms with Crippen molar-refractivity contribution in [3.8, 4) is 0 Å². The molecule has 2 fully saturated rings. The Kier molecular flexibility index (Phi) is 8.04. The summed E-state index contributed by atoms with van der Waals surface area (Å²) >= 11 is 0. The number of halogens is 1. The lowest BCUT2D eigenvalue weighted by Gasteiger charge is -2.38. The minimum Gasteiger partial charge on any atom is -0.344 e. The average molecular weight is 432 g/mol. The Labute approximate surface area is 184 Å². The standard InChI is InChI=1S/C24H34FN3O3/c1-17(2)16-21(29)26-22(24(31)27-12-6-3-7-13-27)18-10-14-28(15-11-18)23(30)19-8-4-5-9-20(19)25/h4-5,8-9,17-18,22H,3,6-7,10-16H2,1-2H3,(H,26,29). The minimum absolute atomic E-state index is 0.00399. The summed E-state index contributed by atoms with van der Waals surface area (Å²) in [6.45, 7) is 6.32. The highest BCUT2D eigenvalue weighted by Gasteiger charge is 2.36. The maximum atomic E-state index is 14.0. The molecule has 7 heteroatoms. The van der Waals surface area contributed by atoms with E-state index < -0.39 is 11.9 Å². The highest BCUT2D eigenvalue weighted by molar-refractivity contribution is 5.94. The largest absolute Gasteiger partial charge is 0.344 e. The minimum atomic E-state index is -0.560. The van der Waals surface area contributed by atoms with Crippen LogP contribution in [-0.4, -0.2) is 59.7 Å². The van der Waals surface area contributed by atoms with Crippen LogP contribution in [0.3, 0.4) is 0 Å². The molecule has 170 valence electrons. The molecule has 2 aliphatic rings. The molecule has 1 unspecified atom stereocenters. The molecule has 0 saturated carbocycles. The summed E-state index contributed by atoms with van der Waals surface area (Å²) in [5, 5.41) is 3.01. The molecule has 2 heterocycles. The average Bonchev–Trinajstić information content (AvgIpc) is 2.77. The Balaban J connectivity index is 1.67. The number of nitrogens with one attached hydrogen (secondary N) is 1. The molecule has 1 N–H and O–H groups in total. The van der Waals surface area contributed by atoms with Gasteiger partial charge in [0.25, 0.3) is 5.91 Å². The van der Waals surface area contributed by atoms with Crippen molar-refractivity contribution >= 4 is 17.7 Å². The fourth-order valence-corrected chi connectivity index (χ4v) is 4.54. The zero-order valence-electron chi connectivity index (χ0n) is 18.6. The highest BCUT2D eigenvalue weighted by atomic mass is 19.1. The molecule has 1 aromatic rings. The number of likely N-dealkylation sites (tertiary alicyclic amines) is 2. The number of amides is 3. The monoisotopic (exact) mass is 431 g/mol. The summed E-state index contributed by atoms with van der Waals surface area (Å²) in [4.78, 5) is 42.0. The molecule has 0 radical (unpaired) electrons. The Bertz CT molecular complexity index is 784. The quantitative estimate of drug-likeness (QED) is 0.752. The van der Waals surface area contributed by atoms with Crippen molar-refractivity contribution in [2.45, 2.75) is 58.4 Å². The van der Waals surface area contributed by atoms with Crippen LogP contribution >= 0.6 is 0 Å². The predicted molar refractivity (Wildman–Crippen MR) is 117 cm³/mol. The van der Waals surface area contributed by atoms with Crippen molar-refractivity contribution in [1.29, 1.82) is 0 Å². The van der Waals surface area contributed by atoms with Gasteiger partial charge in [0.15, 0.2) is 0 Å². The second-order valence-electron chi connectivity index (χ2n) is 9.14. The van der Waals surface area contributed by atoms with Gasteiger partial charge >= 0.3 is 0 Å². The third-order valence-electron chi connectivity index (χ3n) is 6.25. The van der Waals surface area contributed by atoms with Gasteiger partial charge < -0.3 is 15.1 Å². The van der Waals surface area contributed by atoms with E-state index in [1.165, 1.54) is 12.1 Å². The van der Waals surface area contributed by atoms with E-state index in [1.807, 2.05) is 18.7 Å². The van der Waals surface area contributed by atoms with E-state index in [1.54, 1.807) is 17.0 Å². The van der Waals surface area contributed by atoms with Crippen LogP contribution in [0, 0.1) is 17.7 Å². The summed E-state index contributed by atoms with van der Waals surface area (Å²) in [7, 11) is 0. The Morgan fingerprint density at radius 1 is 1.00 bits per heavy atom. The van der Waals surface area contributed by atoms with Crippen molar-refractivity contribution in [1.82, 2.24) is 15.1 Å². The van der Waals surface area contributed by atoms with Gasteiger partial charge in [0.05, 0.1) is 5.56 Å². The molecule has 0 aliphatic carbocycles. The summed E-state index contributed by atoms with van der Waals surface area (Å²) in [5.41, 5.74) is 0.0760. The zero-order valence-corrected chi connectivity index (χ0v) is 18.6. The number of hydrogen-bond acceptors (Lipinski definition) is 3. The molecule has 3 rings (SSSR count). The van der Waals surface area contributed by atoms with Crippen LogP contribution in [0.4, 0.5) is 4.39 Å². The van der Waals surface area contributed by atoms with Crippen LogP contribution in [-0.2, 0) is 9.59 Å². The highest BCUT2D eigenvalue weighted by Crippen LogP contribution is 2.25. The second-order valence-corrected chi connectivity index (χ2v) is 9.14. The van der Waals surface area contributed by atoms with Gasteiger partial charge in [-0.05, 0) is 56.1 Å². The smallest absolute Gasteiger partial charge is 0.256 e. The number of carbonyl (C=O) groups excluding carboxylic acids is 3. The molecule has 31 heavy (non-hydrogen) atoms. The molecule has 1 atom stereocenters. The van der Waals surface area contributed by atoms with E-state index in [9.17, 15) is 18.8 Å². The van der Waals surface area contributed by atoms with Crippen molar-refractivity contribution in [2.75, 3.05) is 26.2 Å². The van der Waals surface area contributed by atoms with Gasteiger partial charge in [0.2, 0.25) is 11.8 Å². The van der Waals surface area contributed by atoms with Crippen LogP contribution in [0.2, 0.25) is 0 Å².